The Balaban J connectivity index is 2.37. The molecule has 3 nitrogen and oxygen atoms in total. The molecule has 0 radical (unpaired) electrons. The van der Waals surface area contributed by atoms with E-state index in [1.807, 2.05) is 42.5 Å². The van der Waals surface area contributed by atoms with Gasteiger partial charge in [-0.15, -0.1) is 0 Å². The van der Waals surface area contributed by atoms with Gasteiger partial charge in [-0.05, 0) is 22.9 Å². The molecule has 0 aromatic heterocycles. The van der Waals surface area contributed by atoms with Gasteiger partial charge in [0.25, 0.3) is 0 Å². The van der Waals surface area contributed by atoms with E-state index in [2.05, 4.69) is 0 Å². The van der Waals surface area contributed by atoms with Gasteiger partial charge in [0.2, 0.25) is 0 Å². The highest BCUT2D eigenvalue weighted by molar-refractivity contribution is 5.83. The maximum atomic E-state index is 10.7. The molecule has 88 valence electrons. The van der Waals surface area contributed by atoms with Crippen molar-refractivity contribution in [2.45, 2.75) is 12.3 Å². The molecule has 0 fully saturated rings. The maximum Gasteiger partial charge on any atom is 0.304 e. The molecular weight excluding hydrogens is 214 g/mol. The summed E-state index contributed by atoms with van der Waals surface area (Å²) >= 11 is 0. The topological polar surface area (TPSA) is 63.3 Å². The zero-order valence-electron chi connectivity index (χ0n) is 9.47. The van der Waals surface area contributed by atoms with Gasteiger partial charge in [-0.3, -0.25) is 4.79 Å². The van der Waals surface area contributed by atoms with Crippen LogP contribution in [0, 0.1) is 0 Å². The molecule has 0 amide bonds. The first-order valence-corrected chi connectivity index (χ1v) is 5.61. The third-order valence-electron chi connectivity index (χ3n) is 2.95. The number of benzene rings is 2. The van der Waals surface area contributed by atoms with E-state index < -0.39 is 5.97 Å². The Bertz CT molecular complexity index is 536. The van der Waals surface area contributed by atoms with Gasteiger partial charge in [0, 0.05) is 5.92 Å². The summed E-state index contributed by atoms with van der Waals surface area (Å²) in [6.45, 7) is 0.352. The van der Waals surface area contributed by atoms with E-state index in [0.29, 0.717) is 6.54 Å². The second-order valence-corrected chi connectivity index (χ2v) is 4.14. The smallest absolute Gasteiger partial charge is 0.304 e. The number of carboxylic acids is 1. The van der Waals surface area contributed by atoms with Crippen LogP contribution in [0.2, 0.25) is 0 Å². The van der Waals surface area contributed by atoms with Crippen molar-refractivity contribution < 1.29 is 9.90 Å². The van der Waals surface area contributed by atoms with Crippen LogP contribution in [0.3, 0.4) is 0 Å². The number of rotatable bonds is 4. The lowest BCUT2D eigenvalue weighted by atomic mass is 9.94. The van der Waals surface area contributed by atoms with E-state index >= 15 is 0 Å². The third-order valence-corrected chi connectivity index (χ3v) is 2.95. The number of hydrogen-bond donors (Lipinski definition) is 2. The monoisotopic (exact) mass is 229 g/mol. The Morgan fingerprint density at radius 2 is 1.88 bits per heavy atom. The highest BCUT2D eigenvalue weighted by Gasteiger charge is 2.13. The Kier molecular flexibility index (Phi) is 3.40. The first kappa shape index (κ1) is 11.6. The molecule has 2 aromatic rings. The van der Waals surface area contributed by atoms with Gasteiger partial charge in [-0.25, -0.2) is 0 Å². The summed E-state index contributed by atoms with van der Waals surface area (Å²) in [7, 11) is 0. The molecule has 0 saturated carbocycles. The lowest BCUT2D eigenvalue weighted by Gasteiger charge is -2.13. The summed E-state index contributed by atoms with van der Waals surface area (Å²) in [5, 5.41) is 11.1. The van der Waals surface area contributed by atoms with Crippen LogP contribution >= 0.6 is 0 Å². The predicted octanol–water partition coefficient (Wildman–Crippen LogP) is 2.36. The molecule has 1 unspecified atom stereocenters. The molecule has 0 aliphatic heterocycles. The van der Waals surface area contributed by atoms with Gasteiger partial charge < -0.3 is 10.8 Å². The van der Waals surface area contributed by atoms with Gasteiger partial charge in [-0.2, -0.15) is 0 Å². The van der Waals surface area contributed by atoms with Gasteiger partial charge in [0.1, 0.15) is 0 Å². The quantitative estimate of drug-likeness (QED) is 0.845. The summed E-state index contributed by atoms with van der Waals surface area (Å²) in [5.41, 5.74) is 6.63. The van der Waals surface area contributed by atoms with Crippen molar-refractivity contribution in [3.63, 3.8) is 0 Å². The average molecular weight is 229 g/mol. The van der Waals surface area contributed by atoms with Crippen LogP contribution < -0.4 is 5.73 Å². The van der Waals surface area contributed by atoms with Crippen molar-refractivity contribution in [3.8, 4) is 0 Å². The molecule has 3 heteroatoms. The highest BCUT2D eigenvalue weighted by Crippen LogP contribution is 2.23. The number of aliphatic carboxylic acids is 1. The van der Waals surface area contributed by atoms with Gasteiger partial charge in [0.15, 0.2) is 0 Å². The minimum atomic E-state index is -0.811. The average Bonchev–Trinajstić information content (AvgIpc) is 2.35. The van der Waals surface area contributed by atoms with Crippen LogP contribution in [-0.2, 0) is 4.79 Å². The van der Waals surface area contributed by atoms with Crippen molar-refractivity contribution in [1.82, 2.24) is 0 Å². The fourth-order valence-electron chi connectivity index (χ4n) is 2.01. The summed E-state index contributed by atoms with van der Waals surface area (Å²) in [4.78, 5) is 10.7. The summed E-state index contributed by atoms with van der Waals surface area (Å²) in [6.07, 6.45) is 0.0782. The Hall–Kier alpha value is -1.87. The number of carbonyl (C=O) groups is 1. The van der Waals surface area contributed by atoms with Crippen LogP contribution in [0.4, 0.5) is 0 Å². The lowest BCUT2D eigenvalue weighted by Crippen LogP contribution is -2.16. The van der Waals surface area contributed by atoms with Crippen LogP contribution in [-0.4, -0.2) is 17.6 Å². The largest absolute Gasteiger partial charge is 0.481 e. The SMILES string of the molecule is NCC(CC(=O)O)c1ccc2ccccc2c1. The Labute approximate surface area is 99.9 Å². The number of nitrogens with two attached hydrogens (primary N) is 1. The highest BCUT2D eigenvalue weighted by atomic mass is 16.4. The molecule has 0 spiro atoms. The third kappa shape index (κ3) is 2.63. The fourth-order valence-corrected chi connectivity index (χ4v) is 2.01. The molecule has 0 aliphatic carbocycles. The molecule has 0 heterocycles. The fraction of sp³-hybridized carbons (Fsp3) is 0.214. The first-order valence-electron chi connectivity index (χ1n) is 5.61. The lowest BCUT2D eigenvalue weighted by molar-refractivity contribution is -0.137. The van der Waals surface area contributed by atoms with E-state index in [9.17, 15) is 4.79 Å². The molecule has 0 aliphatic rings. The minimum Gasteiger partial charge on any atom is -0.481 e. The zero-order valence-corrected chi connectivity index (χ0v) is 9.47. The normalized spacial score (nSPS) is 12.5. The van der Waals surface area contributed by atoms with Crippen molar-refractivity contribution in [1.29, 1.82) is 0 Å². The van der Waals surface area contributed by atoms with Gasteiger partial charge in [0.05, 0.1) is 6.42 Å². The van der Waals surface area contributed by atoms with E-state index in [1.54, 1.807) is 0 Å². The second-order valence-electron chi connectivity index (χ2n) is 4.14. The maximum absolute atomic E-state index is 10.7. The molecule has 2 rings (SSSR count). The van der Waals surface area contributed by atoms with Gasteiger partial charge in [-0.1, -0.05) is 42.5 Å². The van der Waals surface area contributed by atoms with E-state index in [4.69, 9.17) is 10.8 Å². The Morgan fingerprint density at radius 3 is 2.53 bits per heavy atom. The molecule has 0 bridgehead atoms. The van der Waals surface area contributed by atoms with Crippen molar-refractivity contribution in [2.24, 2.45) is 5.73 Å². The first-order chi connectivity index (χ1) is 8.20. The predicted molar refractivity (Wildman–Crippen MR) is 68.0 cm³/mol. The van der Waals surface area contributed by atoms with Crippen molar-refractivity contribution in [3.05, 3.63) is 48.0 Å². The van der Waals surface area contributed by atoms with Crippen LogP contribution in [0.15, 0.2) is 42.5 Å². The van der Waals surface area contributed by atoms with Crippen LogP contribution in [0.25, 0.3) is 10.8 Å². The molecule has 0 saturated heterocycles. The molecule has 17 heavy (non-hydrogen) atoms. The molecule has 2 aromatic carbocycles. The summed E-state index contributed by atoms with van der Waals surface area (Å²) in [6, 6.07) is 14.0. The zero-order chi connectivity index (χ0) is 12.3. The second kappa shape index (κ2) is 4.97. The standard InChI is InChI=1S/C14H15NO2/c15-9-13(8-14(16)17)12-6-5-10-3-1-2-4-11(10)7-12/h1-7,13H,8-9,15H2,(H,16,17). The van der Waals surface area contributed by atoms with Crippen LogP contribution in [0.5, 0.6) is 0 Å². The van der Waals surface area contributed by atoms with Crippen molar-refractivity contribution in [2.75, 3.05) is 6.54 Å². The number of hydrogen-bond acceptors (Lipinski definition) is 2. The Morgan fingerprint density at radius 1 is 1.18 bits per heavy atom. The minimum absolute atomic E-state index is 0.0782. The van der Waals surface area contributed by atoms with E-state index in [1.165, 1.54) is 0 Å². The molecular formula is C14H15NO2. The molecule has 1 atom stereocenters. The van der Waals surface area contributed by atoms with E-state index in [-0.39, 0.29) is 12.3 Å². The summed E-state index contributed by atoms with van der Waals surface area (Å²) < 4.78 is 0. The van der Waals surface area contributed by atoms with Crippen LogP contribution in [0.1, 0.15) is 17.9 Å². The number of carboxylic acid groups (broad SMARTS) is 1. The molecule has 3 N–H and O–H groups in total. The number of fused-ring (bicyclic) bond motifs is 1. The van der Waals surface area contributed by atoms with Gasteiger partial charge >= 0.3 is 5.97 Å². The van der Waals surface area contributed by atoms with E-state index in [0.717, 1.165) is 16.3 Å². The van der Waals surface area contributed by atoms with Crippen molar-refractivity contribution >= 4 is 16.7 Å². The summed E-state index contributed by atoms with van der Waals surface area (Å²) in [5.74, 6) is -0.925.